The van der Waals surface area contributed by atoms with Crippen molar-refractivity contribution in [1.29, 1.82) is 0 Å². The zero-order chi connectivity index (χ0) is 19.5. The number of halogens is 1. The van der Waals surface area contributed by atoms with Gasteiger partial charge in [0, 0.05) is 29.9 Å². The van der Waals surface area contributed by atoms with Crippen molar-refractivity contribution in [2.24, 2.45) is 0 Å². The van der Waals surface area contributed by atoms with Gasteiger partial charge in [-0.05, 0) is 54.8 Å². The van der Waals surface area contributed by atoms with Crippen LogP contribution in [-0.2, 0) is 19.4 Å². The van der Waals surface area contributed by atoms with Gasteiger partial charge in [-0.15, -0.1) is 10.2 Å². The van der Waals surface area contributed by atoms with E-state index in [0.29, 0.717) is 30.3 Å². The van der Waals surface area contributed by atoms with E-state index in [1.54, 1.807) is 0 Å². The molecule has 1 aliphatic heterocycles. The molecule has 0 fully saturated rings. The number of nitrogens with one attached hydrogen (secondary N) is 1. The van der Waals surface area contributed by atoms with Crippen LogP contribution in [0.3, 0.4) is 0 Å². The highest BCUT2D eigenvalue weighted by Crippen LogP contribution is 2.34. The first-order valence-corrected chi connectivity index (χ1v) is 9.39. The third-order valence-electron chi connectivity index (χ3n) is 4.84. The molecule has 1 aromatic heterocycles. The number of hydrogen-bond acceptors (Lipinski definition) is 5. The largest absolute Gasteiger partial charge is 0.423 e. The second-order valence-electron chi connectivity index (χ2n) is 6.73. The van der Waals surface area contributed by atoms with E-state index < -0.39 is 0 Å². The molecule has 6 nitrogen and oxygen atoms in total. The van der Waals surface area contributed by atoms with E-state index in [1.165, 1.54) is 24.3 Å². The number of carbonyl (C=O) groups excluding carboxylic acids is 1. The number of amides is 1. The number of aryl methyl sites for hydroxylation is 1. The predicted molar refractivity (Wildman–Crippen MR) is 104 cm³/mol. The number of benzene rings is 2. The Balaban J connectivity index is 1.56. The van der Waals surface area contributed by atoms with Crippen LogP contribution in [0.4, 0.5) is 15.8 Å². The van der Waals surface area contributed by atoms with Crippen LogP contribution < -0.4 is 10.2 Å². The topological polar surface area (TPSA) is 71.3 Å². The monoisotopic (exact) mass is 380 g/mol. The van der Waals surface area contributed by atoms with E-state index in [4.69, 9.17) is 4.42 Å². The van der Waals surface area contributed by atoms with Gasteiger partial charge in [0.25, 0.3) is 5.91 Å². The summed E-state index contributed by atoms with van der Waals surface area (Å²) in [5.74, 6) is 0.601. The summed E-state index contributed by atoms with van der Waals surface area (Å²) in [4.78, 5) is 14.7. The van der Waals surface area contributed by atoms with Crippen molar-refractivity contribution >= 4 is 17.3 Å². The minimum absolute atomic E-state index is 0.255. The van der Waals surface area contributed by atoms with Crippen LogP contribution in [0.1, 0.15) is 41.0 Å². The first kappa shape index (κ1) is 18.2. The van der Waals surface area contributed by atoms with E-state index in [2.05, 4.69) is 20.4 Å². The van der Waals surface area contributed by atoms with Gasteiger partial charge in [0.2, 0.25) is 11.8 Å². The molecule has 0 saturated carbocycles. The number of anilines is 2. The third-order valence-corrected chi connectivity index (χ3v) is 4.84. The van der Waals surface area contributed by atoms with Crippen molar-refractivity contribution in [1.82, 2.24) is 10.2 Å². The van der Waals surface area contributed by atoms with Gasteiger partial charge >= 0.3 is 0 Å². The lowest BCUT2D eigenvalue weighted by Crippen LogP contribution is -2.29. The summed E-state index contributed by atoms with van der Waals surface area (Å²) in [6.07, 6.45) is 2.55. The molecule has 0 bridgehead atoms. The highest BCUT2D eigenvalue weighted by molar-refractivity contribution is 6.05. The molecule has 1 N–H and O–H groups in total. The Morgan fingerprint density at radius 2 is 1.96 bits per heavy atom. The Labute approximate surface area is 162 Å². The number of aromatic nitrogens is 2. The van der Waals surface area contributed by atoms with Gasteiger partial charge in [0.05, 0.1) is 6.54 Å². The second kappa shape index (κ2) is 7.80. The highest BCUT2D eigenvalue weighted by Gasteiger charge is 2.22. The average Bonchev–Trinajstić information content (AvgIpc) is 3.17. The SMILES string of the molecule is CCc1nnc(CN2CCCc3c(NC(=O)c4ccc(F)cc4)cccc32)o1. The summed E-state index contributed by atoms with van der Waals surface area (Å²) in [7, 11) is 0. The van der Waals surface area contributed by atoms with Crippen molar-refractivity contribution in [3.8, 4) is 0 Å². The van der Waals surface area contributed by atoms with Crippen molar-refractivity contribution in [2.75, 3.05) is 16.8 Å². The lowest BCUT2D eigenvalue weighted by molar-refractivity contribution is 0.102. The molecule has 0 unspecified atom stereocenters. The molecule has 4 rings (SSSR count). The van der Waals surface area contributed by atoms with E-state index >= 15 is 0 Å². The summed E-state index contributed by atoms with van der Waals surface area (Å²) in [6, 6.07) is 11.4. The number of carbonyl (C=O) groups is 1. The summed E-state index contributed by atoms with van der Waals surface area (Å²) >= 11 is 0. The minimum atomic E-state index is -0.364. The maximum absolute atomic E-state index is 13.1. The van der Waals surface area contributed by atoms with Crippen LogP contribution in [0.2, 0.25) is 0 Å². The van der Waals surface area contributed by atoms with Gasteiger partial charge in [-0.1, -0.05) is 13.0 Å². The summed E-state index contributed by atoms with van der Waals surface area (Å²) in [6.45, 7) is 3.39. The number of fused-ring (bicyclic) bond motifs is 1. The Bertz CT molecular complexity index is 984. The molecule has 2 heterocycles. The normalized spacial score (nSPS) is 13.3. The summed E-state index contributed by atoms with van der Waals surface area (Å²) in [5.41, 5.74) is 3.33. The Hall–Kier alpha value is -3.22. The molecular weight excluding hydrogens is 359 g/mol. The van der Waals surface area contributed by atoms with Crippen LogP contribution in [0, 0.1) is 5.82 Å². The molecule has 0 aliphatic carbocycles. The molecule has 0 radical (unpaired) electrons. The van der Waals surface area contributed by atoms with Crippen molar-refractivity contribution in [2.45, 2.75) is 32.7 Å². The van der Waals surface area contributed by atoms with Gasteiger partial charge in [-0.3, -0.25) is 4.79 Å². The lowest BCUT2D eigenvalue weighted by atomic mass is 9.99. The molecule has 1 aliphatic rings. The van der Waals surface area contributed by atoms with E-state index in [-0.39, 0.29) is 11.7 Å². The van der Waals surface area contributed by atoms with Crippen molar-refractivity contribution in [3.63, 3.8) is 0 Å². The van der Waals surface area contributed by atoms with Crippen LogP contribution in [-0.4, -0.2) is 22.6 Å². The van der Waals surface area contributed by atoms with Crippen molar-refractivity contribution in [3.05, 3.63) is 71.2 Å². The first-order chi connectivity index (χ1) is 13.6. The first-order valence-electron chi connectivity index (χ1n) is 9.39. The maximum atomic E-state index is 13.1. The summed E-state index contributed by atoms with van der Waals surface area (Å²) < 4.78 is 18.7. The predicted octanol–water partition coefficient (Wildman–Crippen LogP) is 3.98. The van der Waals surface area contributed by atoms with Gasteiger partial charge in [0.1, 0.15) is 5.82 Å². The van der Waals surface area contributed by atoms with E-state index in [9.17, 15) is 9.18 Å². The number of rotatable bonds is 5. The molecule has 144 valence electrons. The molecule has 0 saturated heterocycles. The average molecular weight is 380 g/mol. The zero-order valence-corrected chi connectivity index (χ0v) is 15.6. The fourth-order valence-corrected chi connectivity index (χ4v) is 3.44. The van der Waals surface area contributed by atoms with Gasteiger partial charge in [0.15, 0.2) is 0 Å². The summed E-state index contributed by atoms with van der Waals surface area (Å²) in [5, 5.41) is 11.1. The molecule has 28 heavy (non-hydrogen) atoms. The van der Waals surface area contributed by atoms with E-state index in [0.717, 1.165) is 36.3 Å². The van der Waals surface area contributed by atoms with Crippen molar-refractivity contribution < 1.29 is 13.6 Å². The third kappa shape index (κ3) is 3.74. The molecule has 0 atom stereocenters. The lowest BCUT2D eigenvalue weighted by Gasteiger charge is -2.31. The number of nitrogens with zero attached hydrogens (tertiary/aromatic N) is 3. The maximum Gasteiger partial charge on any atom is 0.255 e. The van der Waals surface area contributed by atoms with Crippen LogP contribution in [0.5, 0.6) is 0 Å². The zero-order valence-electron chi connectivity index (χ0n) is 15.6. The standard InChI is InChI=1S/C21H21FN4O2/c1-2-19-24-25-20(28-19)13-26-12-4-5-16-17(6-3-7-18(16)26)23-21(27)14-8-10-15(22)11-9-14/h3,6-11H,2,4-5,12-13H2,1H3,(H,23,27). The van der Waals surface area contributed by atoms with Gasteiger partial charge in [-0.2, -0.15) is 0 Å². The molecule has 7 heteroatoms. The Morgan fingerprint density at radius 1 is 1.18 bits per heavy atom. The fraction of sp³-hybridized carbons (Fsp3) is 0.286. The highest BCUT2D eigenvalue weighted by atomic mass is 19.1. The fourth-order valence-electron chi connectivity index (χ4n) is 3.44. The quantitative estimate of drug-likeness (QED) is 0.725. The minimum Gasteiger partial charge on any atom is -0.423 e. The Morgan fingerprint density at radius 3 is 2.71 bits per heavy atom. The van der Waals surface area contributed by atoms with Gasteiger partial charge < -0.3 is 14.6 Å². The second-order valence-corrected chi connectivity index (χ2v) is 6.73. The smallest absolute Gasteiger partial charge is 0.255 e. The molecule has 2 aromatic carbocycles. The van der Waals surface area contributed by atoms with Crippen LogP contribution in [0.25, 0.3) is 0 Å². The molecular formula is C21H21FN4O2. The van der Waals surface area contributed by atoms with Crippen LogP contribution in [0.15, 0.2) is 46.9 Å². The molecule has 1 amide bonds. The molecule has 0 spiro atoms. The van der Waals surface area contributed by atoms with E-state index in [1.807, 2.05) is 25.1 Å². The van der Waals surface area contributed by atoms with Gasteiger partial charge in [-0.25, -0.2) is 4.39 Å². The molecule has 3 aromatic rings. The van der Waals surface area contributed by atoms with Crippen LogP contribution >= 0.6 is 0 Å². The Kier molecular flexibility index (Phi) is 5.06. The number of hydrogen-bond donors (Lipinski definition) is 1.